The fourth-order valence-corrected chi connectivity index (χ4v) is 3.48. The summed E-state index contributed by atoms with van der Waals surface area (Å²) in [4.78, 5) is 0. The standard InChI is InChI=1S/C17H21NS/c1-13-8-6-7-11-16(13)12-19-17(14(2)18)15-9-4-3-5-10-15/h3-11,14,17H,12,18H2,1-2H3. The molecule has 0 amide bonds. The molecule has 0 radical (unpaired) electrons. The van der Waals surface area contributed by atoms with Crippen molar-refractivity contribution in [2.24, 2.45) is 5.73 Å². The van der Waals surface area contributed by atoms with Gasteiger partial charge in [0.15, 0.2) is 0 Å². The van der Waals surface area contributed by atoms with E-state index >= 15 is 0 Å². The van der Waals surface area contributed by atoms with Crippen molar-refractivity contribution >= 4 is 11.8 Å². The fraction of sp³-hybridized carbons (Fsp3) is 0.294. The lowest BCUT2D eigenvalue weighted by atomic mass is 10.1. The highest BCUT2D eigenvalue weighted by Gasteiger charge is 2.16. The van der Waals surface area contributed by atoms with Crippen LogP contribution in [0.3, 0.4) is 0 Å². The van der Waals surface area contributed by atoms with Gasteiger partial charge in [0.05, 0.1) is 0 Å². The third-order valence-corrected chi connectivity index (χ3v) is 4.82. The van der Waals surface area contributed by atoms with Gasteiger partial charge in [0.25, 0.3) is 0 Å². The maximum Gasteiger partial charge on any atom is 0.0448 e. The van der Waals surface area contributed by atoms with Gasteiger partial charge in [0, 0.05) is 17.0 Å². The molecule has 0 aliphatic heterocycles. The van der Waals surface area contributed by atoms with Crippen LogP contribution in [0.1, 0.15) is 28.9 Å². The van der Waals surface area contributed by atoms with E-state index in [-0.39, 0.29) is 6.04 Å². The minimum Gasteiger partial charge on any atom is -0.327 e. The van der Waals surface area contributed by atoms with Gasteiger partial charge in [0.1, 0.15) is 0 Å². The van der Waals surface area contributed by atoms with Crippen LogP contribution in [-0.2, 0) is 5.75 Å². The van der Waals surface area contributed by atoms with Crippen molar-refractivity contribution in [1.29, 1.82) is 0 Å². The van der Waals surface area contributed by atoms with Gasteiger partial charge < -0.3 is 5.73 Å². The lowest BCUT2D eigenvalue weighted by Crippen LogP contribution is -2.22. The minimum absolute atomic E-state index is 0.149. The van der Waals surface area contributed by atoms with Crippen molar-refractivity contribution in [1.82, 2.24) is 0 Å². The maximum atomic E-state index is 6.15. The van der Waals surface area contributed by atoms with Crippen molar-refractivity contribution in [2.45, 2.75) is 30.9 Å². The molecule has 0 heterocycles. The SMILES string of the molecule is Cc1ccccc1CSC(c1ccccc1)C(C)N. The van der Waals surface area contributed by atoms with Gasteiger partial charge in [-0.3, -0.25) is 0 Å². The van der Waals surface area contributed by atoms with Crippen molar-refractivity contribution in [2.75, 3.05) is 0 Å². The smallest absolute Gasteiger partial charge is 0.0448 e. The zero-order valence-corrected chi connectivity index (χ0v) is 12.4. The molecule has 2 unspecified atom stereocenters. The first-order chi connectivity index (χ1) is 9.18. The topological polar surface area (TPSA) is 26.0 Å². The first-order valence-corrected chi connectivity index (χ1v) is 7.70. The molecule has 0 bridgehead atoms. The molecule has 2 rings (SSSR count). The molecule has 0 fully saturated rings. The summed E-state index contributed by atoms with van der Waals surface area (Å²) in [5.41, 5.74) is 10.2. The Balaban J connectivity index is 2.09. The average Bonchev–Trinajstić information content (AvgIpc) is 2.42. The summed E-state index contributed by atoms with van der Waals surface area (Å²) in [5.74, 6) is 1.01. The lowest BCUT2D eigenvalue weighted by Gasteiger charge is -2.21. The Bertz CT molecular complexity index is 508. The van der Waals surface area contributed by atoms with Crippen LogP contribution in [-0.4, -0.2) is 6.04 Å². The van der Waals surface area contributed by atoms with Gasteiger partial charge >= 0.3 is 0 Å². The van der Waals surface area contributed by atoms with Crippen LogP contribution in [0.2, 0.25) is 0 Å². The molecule has 0 saturated heterocycles. The zero-order valence-electron chi connectivity index (χ0n) is 11.5. The summed E-state index contributed by atoms with van der Waals surface area (Å²) in [5, 5.41) is 0.348. The monoisotopic (exact) mass is 271 g/mol. The van der Waals surface area contributed by atoms with Crippen LogP contribution in [0.15, 0.2) is 54.6 Å². The highest BCUT2D eigenvalue weighted by molar-refractivity contribution is 7.98. The largest absolute Gasteiger partial charge is 0.327 e. The number of benzene rings is 2. The zero-order chi connectivity index (χ0) is 13.7. The summed E-state index contributed by atoms with van der Waals surface area (Å²) >= 11 is 1.92. The van der Waals surface area contributed by atoms with Crippen molar-refractivity contribution in [3.05, 3.63) is 71.3 Å². The predicted octanol–water partition coefficient (Wildman–Crippen LogP) is 4.32. The van der Waals surface area contributed by atoms with Crippen molar-refractivity contribution in [3.8, 4) is 0 Å². The van der Waals surface area contributed by atoms with Crippen LogP contribution in [0.5, 0.6) is 0 Å². The summed E-state index contributed by atoms with van der Waals surface area (Å²) in [7, 11) is 0. The van der Waals surface area contributed by atoms with Gasteiger partial charge in [-0.15, -0.1) is 11.8 Å². The molecule has 0 saturated carbocycles. The number of aryl methyl sites for hydroxylation is 1. The van der Waals surface area contributed by atoms with Crippen LogP contribution < -0.4 is 5.73 Å². The highest BCUT2D eigenvalue weighted by Crippen LogP contribution is 2.34. The number of thioether (sulfide) groups is 1. The third kappa shape index (κ3) is 3.85. The van der Waals surface area contributed by atoms with E-state index in [2.05, 4.69) is 62.4 Å². The Labute approximate surface area is 120 Å². The summed E-state index contributed by atoms with van der Waals surface area (Å²) in [6.45, 7) is 4.25. The number of nitrogens with two attached hydrogens (primary N) is 1. The molecule has 0 aliphatic carbocycles. The Hall–Kier alpha value is -1.25. The molecular weight excluding hydrogens is 250 g/mol. The quantitative estimate of drug-likeness (QED) is 0.876. The van der Waals surface area contributed by atoms with E-state index < -0.39 is 0 Å². The Kier molecular flexibility index (Phi) is 5.06. The van der Waals surface area contributed by atoms with Gasteiger partial charge in [0.2, 0.25) is 0 Å². The molecule has 2 N–H and O–H groups in total. The molecule has 100 valence electrons. The van der Waals surface area contributed by atoms with Gasteiger partial charge in [-0.25, -0.2) is 0 Å². The molecule has 0 spiro atoms. The van der Waals surface area contributed by atoms with Gasteiger partial charge in [-0.05, 0) is 30.5 Å². The molecule has 2 heteroatoms. The summed E-state index contributed by atoms with van der Waals surface area (Å²) in [6, 6.07) is 19.3. The molecule has 2 atom stereocenters. The fourth-order valence-electron chi connectivity index (χ4n) is 2.15. The van der Waals surface area contributed by atoms with Crippen molar-refractivity contribution in [3.63, 3.8) is 0 Å². The van der Waals surface area contributed by atoms with E-state index in [1.165, 1.54) is 16.7 Å². The first kappa shape index (κ1) is 14.2. The van der Waals surface area contributed by atoms with E-state index in [1.807, 2.05) is 17.8 Å². The number of rotatable bonds is 5. The lowest BCUT2D eigenvalue weighted by molar-refractivity contribution is 0.721. The summed E-state index contributed by atoms with van der Waals surface area (Å²) < 4.78 is 0. The second-order valence-corrected chi connectivity index (χ2v) is 6.06. The minimum atomic E-state index is 0.149. The second-order valence-electron chi connectivity index (χ2n) is 4.93. The van der Waals surface area contributed by atoms with E-state index in [9.17, 15) is 0 Å². The van der Waals surface area contributed by atoms with E-state index in [4.69, 9.17) is 5.73 Å². The van der Waals surface area contributed by atoms with Crippen LogP contribution >= 0.6 is 11.8 Å². The number of hydrogen-bond acceptors (Lipinski definition) is 2. The maximum absolute atomic E-state index is 6.15. The van der Waals surface area contributed by atoms with E-state index in [0.29, 0.717) is 5.25 Å². The summed E-state index contributed by atoms with van der Waals surface area (Å²) in [6.07, 6.45) is 0. The Morgan fingerprint density at radius 1 is 1.00 bits per heavy atom. The predicted molar refractivity (Wildman–Crippen MR) is 85.3 cm³/mol. The molecule has 0 aromatic heterocycles. The Morgan fingerprint density at radius 3 is 2.26 bits per heavy atom. The first-order valence-electron chi connectivity index (χ1n) is 6.65. The second kappa shape index (κ2) is 6.78. The van der Waals surface area contributed by atoms with Crippen LogP contribution in [0.25, 0.3) is 0 Å². The molecule has 19 heavy (non-hydrogen) atoms. The van der Waals surface area contributed by atoms with Crippen LogP contribution in [0.4, 0.5) is 0 Å². The van der Waals surface area contributed by atoms with E-state index in [1.54, 1.807) is 0 Å². The van der Waals surface area contributed by atoms with Gasteiger partial charge in [-0.1, -0.05) is 54.6 Å². The molecule has 2 aromatic carbocycles. The number of hydrogen-bond donors (Lipinski definition) is 1. The third-order valence-electron chi connectivity index (χ3n) is 3.29. The van der Waals surface area contributed by atoms with Crippen molar-refractivity contribution < 1.29 is 0 Å². The molecule has 1 nitrogen and oxygen atoms in total. The molecule has 2 aromatic rings. The average molecular weight is 271 g/mol. The Morgan fingerprint density at radius 2 is 1.63 bits per heavy atom. The van der Waals surface area contributed by atoms with Gasteiger partial charge in [-0.2, -0.15) is 0 Å². The highest BCUT2D eigenvalue weighted by atomic mass is 32.2. The van der Waals surface area contributed by atoms with Crippen LogP contribution in [0, 0.1) is 6.92 Å². The molecular formula is C17H21NS. The molecule has 0 aliphatic rings. The normalized spacial score (nSPS) is 14.1. The van der Waals surface area contributed by atoms with E-state index in [0.717, 1.165) is 5.75 Å².